The van der Waals surface area contributed by atoms with Crippen molar-refractivity contribution in [2.75, 3.05) is 5.32 Å². The van der Waals surface area contributed by atoms with Crippen molar-refractivity contribution in [1.82, 2.24) is 15.1 Å². The second-order valence-corrected chi connectivity index (χ2v) is 6.54. The van der Waals surface area contributed by atoms with Crippen molar-refractivity contribution in [1.29, 1.82) is 5.26 Å². The van der Waals surface area contributed by atoms with Crippen LogP contribution in [0.1, 0.15) is 63.0 Å². The molecule has 0 atom stereocenters. The van der Waals surface area contributed by atoms with Crippen molar-refractivity contribution in [3.8, 4) is 6.19 Å². The van der Waals surface area contributed by atoms with Gasteiger partial charge >= 0.3 is 0 Å². The van der Waals surface area contributed by atoms with Gasteiger partial charge in [-0.2, -0.15) is 10.4 Å². The number of anilines is 1. The topological polar surface area (TPSA) is 82.7 Å². The molecule has 0 aliphatic heterocycles. The minimum absolute atomic E-state index is 0.145. The van der Waals surface area contributed by atoms with E-state index in [0.29, 0.717) is 24.6 Å². The van der Waals surface area contributed by atoms with Crippen LogP contribution in [0.2, 0.25) is 0 Å². The summed E-state index contributed by atoms with van der Waals surface area (Å²) in [5.41, 5.74) is 0.475. The number of aryl methyl sites for hydroxylation is 1. The minimum Gasteiger partial charge on any atom is -0.308 e. The van der Waals surface area contributed by atoms with E-state index in [1.165, 1.54) is 37.8 Å². The van der Waals surface area contributed by atoms with Crippen molar-refractivity contribution < 1.29 is 4.79 Å². The fourth-order valence-corrected chi connectivity index (χ4v) is 3.61. The van der Waals surface area contributed by atoms with E-state index in [0.717, 1.165) is 6.42 Å². The number of carbonyl (C=O) groups excluding carboxylic acids is 1. The molecule has 0 radical (unpaired) electrons. The molecule has 1 heterocycles. The predicted octanol–water partition coefficient (Wildman–Crippen LogP) is 2.40. The molecule has 118 valence electrons. The van der Waals surface area contributed by atoms with Gasteiger partial charge in [-0.25, -0.2) is 0 Å². The number of amides is 1. The van der Waals surface area contributed by atoms with Crippen LogP contribution in [0.25, 0.3) is 0 Å². The van der Waals surface area contributed by atoms with Gasteiger partial charge in [-0.3, -0.25) is 9.48 Å². The van der Waals surface area contributed by atoms with Crippen molar-refractivity contribution in [3.05, 3.63) is 11.8 Å². The van der Waals surface area contributed by atoms with Gasteiger partial charge in [0.15, 0.2) is 12.0 Å². The summed E-state index contributed by atoms with van der Waals surface area (Å²) in [4.78, 5) is 12.4. The molecule has 6 heteroatoms. The van der Waals surface area contributed by atoms with Crippen LogP contribution in [0.15, 0.2) is 6.07 Å². The zero-order valence-electron chi connectivity index (χ0n) is 13.1. The van der Waals surface area contributed by atoms with Crippen LogP contribution in [0.3, 0.4) is 0 Å². The van der Waals surface area contributed by atoms with E-state index in [-0.39, 0.29) is 5.91 Å². The van der Waals surface area contributed by atoms with Crippen LogP contribution >= 0.6 is 0 Å². The van der Waals surface area contributed by atoms with E-state index < -0.39 is 5.54 Å². The quantitative estimate of drug-likeness (QED) is 0.661. The lowest BCUT2D eigenvalue weighted by atomic mass is 9.76. The molecule has 2 N–H and O–H groups in total. The van der Waals surface area contributed by atoms with Gasteiger partial charge in [-0.1, -0.05) is 19.3 Å². The molecule has 1 aromatic heterocycles. The Hall–Kier alpha value is -2.03. The maximum atomic E-state index is 12.4. The van der Waals surface area contributed by atoms with E-state index in [2.05, 4.69) is 15.7 Å². The Bertz CT molecular complexity index is 590. The fourth-order valence-electron chi connectivity index (χ4n) is 3.61. The molecule has 22 heavy (non-hydrogen) atoms. The van der Waals surface area contributed by atoms with Crippen molar-refractivity contribution >= 4 is 11.7 Å². The zero-order chi connectivity index (χ0) is 15.6. The molecule has 2 fully saturated rings. The number of nitriles is 1. The number of hydrogen-bond acceptors (Lipinski definition) is 4. The molecule has 0 aromatic carbocycles. The first-order valence-electron chi connectivity index (χ1n) is 8.16. The Balaban J connectivity index is 1.70. The third kappa shape index (κ3) is 2.68. The third-order valence-corrected chi connectivity index (χ3v) is 5.12. The highest BCUT2D eigenvalue weighted by Gasteiger charge is 2.44. The second kappa shape index (κ2) is 5.99. The molecule has 1 aromatic rings. The van der Waals surface area contributed by atoms with Gasteiger partial charge in [0, 0.05) is 24.7 Å². The number of aromatic nitrogens is 2. The number of nitrogens with one attached hydrogen (secondary N) is 2. The van der Waals surface area contributed by atoms with Gasteiger partial charge in [0.2, 0.25) is 0 Å². The van der Waals surface area contributed by atoms with Crippen LogP contribution in [0.4, 0.5) is 5.82 Å². The largest absolute Gasteiger partial charge is 0.308 e. The lowest BCUT2D eigenvalue weighted by Crippen LogP contribution is -2.57. The molecule has 2 aliphatic rings. The van der Waals surface area contributed by atoms with Crippen LogP contribution in [-0.4, -0.2) is 21.2 Å². The lowest BCUT2D eigenvalue weighted by Gasteiger charge is -2.38. The standard InChI is InChI=1S/C16H23N5O/c1-21-13(12-6-3-2-4-7-12)10-14(20-21)19-15(22)16(18-11-17)8-5-9-16/h10,12,18H,2-9H2,1H3,(H,19,20,22). The van der Waals surface area contributed by atoms with Gasteiger partial charge in [0.25, 0.3) is 5.91 Å². The SMILES string of the molecule is Cn1nc(NC(=O)C2(NC#N)CCC2)cc1C1CCCCC1. The summed E-state index contributed by atoms with van der Waals surface area (Å²) in [6, 6.07) is 1.99. The molecule has 0 saturated heterocycles. The van der Waals surface area contributed by atoms with Crippen LogP contribution in [0.5, 0.6) is 0 Å². The van der Waals surface area contributed by atoms with Gasteiger partial charge in [-0.15, -0.1) is 0 Å². The Morgan fingerprint density at radius 2 is 2.09 bits per heavy atom. The van der Waals surface area contributed by atoms with Gasteiger partial charge in [-0.05, 0) is 32.1 Å². The fraction of sp³-hybridized carbons (Fsp3) is 0.688. The Morgan fingerprint density at radius 1 is 1.36 bits per heavy atom. The Morgan fingerprint density at radius 3 is 2.68 bits per heavy atom. The molecule has 2 saturated carbocycles. The highest BCUT2D eigenvalue weighted by atomic mass is 16.2. The number of hydrogen-bond donors (Lipinski definition) is 2. The Labute approximate surface area is 130 Å². The molecular formula is C16H23N5O. The van der Waals surface area contributed by atoms with E-state index in [4.69, 9.17) is 5.26 Å². The highest BCUT2D eigenvalue weighted by Crippen LogP contribution is 2.35. The molecule has 3 rings (SSSR count). The summed E-state index contributed by atoms with van der Waals surface area (Å²) in [6.07, 6.45) is 10.5. The molecule has 2 aliphatic carbocycles. The molecule has 0 bridgehead atoms. The average Bonchev–Trinajstić information content (AvgIpc) is 2.84. The van der Waals surface area contributed by atoms with Gasteiger partial charge < -0.3 is 10.6 Å². The van der Waals surface area contributed by atoms with Crippen LogP contribution in [-0.2, 0) is 11.8 Å². The zero-order valence-corrected chi connectivity index (χ0v) is 13.1. The minimum atomic E-state index is -0.725. The molecular weight excluding hydrogens is 278 g/mol. The molecule has 6 nitrogen and oxygen atoms in total. The summed E-state index contributed by atoms with van der Waals surface area (Å²) in [5.74, 6) is 1.000. The van der Waals surface area contributed by atoms with Crippen LogP contribution in [0, 0.1) is 11.5 Å². The maximum Gasteiger partial charge on any atom is 0.251 e. The smallest absolute Gasteiger partial charge is 0.251 e. The molecule has 1 amide bonds. The van der Waals surface area contributed by atoms with E-state index in [9.17, 15) is 4.79 Å². The molecule has 0 spiro atoms. The lowest BCUT2D eigenvalue weighted by molar-refractivity contribution is -0.125. The number of carbonyl (C=O) groups is 1. The summed E-state index contributed by atoms with van der Waals surface area (Å²) < 4.78 is 1.89. The molecule has 0 unspecified atom stereocenters. The first-order chi connectivity index (χ1) is 10.6. The van der Waals surface area contributed by atoms with E-state index >= 15 is 0 Å². The van der Waals surface area contributed by atoms with Crippen molar-refractivity contribution in [2.24, 2.45) is 7.05 Å². The third-order valence-electron chi connectivity index (χ3n) is 5.12. The Kier molecular flexibility index (Phi) is 4.06. The summed E-state index contributed by atoms with van der Waals surface area (Å²) >= 11 is 0. The van der Waals surface area contributed by atoms with Crippen molar-refractivity contribution in [2.45, 2.75) is 62.8 Å². The van der Waals surface area contributed by atoms with E-state index in [1.54, 1.807) is 0 Å². The first-order valence-corrected chi connectivity index (χ1v) is 8.16. The second-order valence-electron chi connectivity index (χ2n) is 6.54. The monoisotopic (exact) mass is 301 g/mol. The summed E-state index contributed by atoms with van der Waals surface area (Å²) in [6.45, 7) is 0. The maximum absolute atomic E-state index is 12.4. The predicted molar refractivity (Wildman–Crippen MR) is 83.0 cm³/mol. The number of rotatable bonds is 4. The first kappa shape index (κ1) is 14.9. The highest BCUT2D eigenvalue weighted by molar-refractivity contribution is 5.98. The van der Waals surface area contributed by atoms with E-state index in [1.807, 2.05) is 24.0 Å². The normalized spacial score (nSPS) is 20.7. The number of nitrogens with zero attached hydrogens (tertiary/aromatic N) is 3. The van der Waals surface area contributed by atoms with Gasteiger partial charge in [0.05, 0.1) is 0 Å². The summed E-state index contributed by atoms with van der Waals surface area (Å²) in [7, 11) is 1.94. The summed E-state index contributed by atoms with van der Waals surface area (Å²) in [5, 5.41) is 18.8. The van der Waals surface area contributed by atoms with Crippen molar-refractivity contribution in [3.63, 3.8) is 0 Å². The van der Waals surface area contributed by atoms with Crippen LogP contribution < -0.4 is 10.6 Å². The van der Waals surface area contributed by atoms with Gasteiger partial charge in [0.1, 0.15) is 5.54 Å². The average molecular weight is 301 g/mol.